The number of para-hydroxylation sites is 1. The van der Waals surface area contributed by atoms with Gasteiger partial charge in [0, 0.05) is 16.1 Å². The van der Waals surface area contributed by atoms with Crippen molar-refractivity contribution in [2.45, 2.75) is 17.1 Å². The highest BCUT2D eigenvalue weighted by Crippen LogP contribution is 2.29. The van der Waals surface area contributed by atoms with Crippen LogP contribution in [0.5, 0.6) is 0 Å². The number of thioether (sulfide) groups is 1. The lowest BCUT2D eigenvalue weighted by atomic mass is 10.1. The molecule has 4 aromatic carbocycles. The second-order valence-electron chi connectivity index (χ2n) is 8.73. The number of carbonyl (C=O) groups is 3. The molecule has 10 heteroatoms. The highest BCUT2D eigenvalue weighted by Gasteiger charge is 2.18. The average Bonchev–Trinajstić information content (AvgIpc) is 2.97. The van der Waals surface area contributed by atoms with E-state index in [2.05, 4.69) is 16.0 Å². The first-order valence-electron chi connectivity index (χ1n) is 12.4. The van der Waals surface area contributed by atoms with Gasteiger partial charge >= 0.3 is 0 Å². The van der Waals surface area contributed by atoms with Crippen molar-refractivity contribution in [2.75, 3.05) is 10.6 Å². The molecule has 6 nitrogen and oxygen atoms in total. The summed E-state index contributed by atoms with van der Waals surface area (Å²) in [6, 6.07) is 27.6. The van der Waals surface area contributed by atoms with Crippen molar-refractivity contribution >= 4 is 81.7 Å². The molecular formula is C31H24Cl3N3O3S. The predicted octanol–water partition coefficient (Wildman–Crippen LogP) is 8.18. The van der Waals surface area contributed by atoms with E-state index < -0.39 is 17.1 Å². The third kappa shape index (κ3) is 8.38. The summed E-state index contributed by atoms with van der Waals surface area (Å²) in [4.78, 5) is 39.6. The predicted molar refractivity (Wildman–Crippen MR) is 169 cm³/mol. The van der Waals surface area contributed by atoms with Gasteiger partial charge in [-0.3, -0.25) is 14.4 Å². The third-order valence-corrected chi connectivity index (χ3v) is 8.01. The highest BCUT2D eigenvalue weighted by molar-refractivity contribution is 8.00. The minimum atomic E-state index is -0.557. The molecule has 0 heterocycles. The van der Waals surface area contributed by atoms with Crippen LogP contribution in [0.3, 0.4) is 0 Å². The van der Waals surface area contributed by atoms with Gasteiger partial charge in [-0.2, -0.15) is 0 Å². The Morgan fingerprint density at radius 2 is 1.41 bits per heavy atom. The molecule has 41 heavy (non-hydrogen) atoms. The van der Waals surface area contributed by atoms with Crippen LogP contribution in [0.1, 0.15) is 22.8 Å². The lowest BCUT2D eigenvalue weighted by molar-refractivity contribution is -0.115. The molecule has 0 aliphatic rings. The van der Waals surface area contributed by atoms with Crippen LogP contribution in [-0.4, -0.2) is 23.0 Å². The monoisotopic (exact) mass is 623 g/mol. The molecule has 208 valence electrons. The van der Waals surface area contributed by atoms with Gasteiger partial charge in [-0.1, -0.05) is 77.3 Å². The number of rotatable bonds is 9. The van der Waals surface area contributed by atoms with E-state index in [1.807, 2.05) is 0 Å². The molecule has 1 unspecified atom stereocenters. The average molecular weight is 625 g/mol. The van der Waals surface area contributed by atoms with Gasteiger partial charge in [0.15, 0.2) is 0 Å². The van der Waals surface area contributed by atoms with Crippen molar-refractivity contribution < 1.29 is 14.4 Å². The third-order valence-electron chi connectivity index (χ3n) is 5.74. The summed E-state index contributed by atoms with van der Waals surface area (Å²) in [7, 11) is 0. The van der Waals surface area contributed by atoms with Gasteiger partial charge < -0.3 is 16.0 Å². The topological polar surface area (TPSA) is 87.3 Å². The zero-order valence-corrected chi connectivity index (χ0v) is 24.7. The van der Waals surface area contributed by atoms with E-state index in [0.29, 0.717) is 32.5 Å². The lowest BCUT2D eigenvalue weighted by Crippen LogP contribution is -2.30. The standard InChI is InChI=1S/C31H24Cl3N3O3S/c1-19(29(38)36-26-13-6-5-11-24(26)32)41-23-16-14-22(15-17-23)35-31(40)27(18-21-10-7-12-25(33)28(21)34)37-30(39)20-8-3-2-4-9-20/h2-19H,1H3,(H,35,40)(H,36,38)(H,37,39)/b27-18-. The van der Waals surface area contributed by atoms with Crippen molar-refractivity contribution in [3.05, 3.63) is 129 Å². The van der Waals surface area contributed by atoms with Crippen molar-refractivity contribution in [2.24, 2.45) is 0 Å². The van der Waals surface area contributed by atoms with Crippen molar-refractivity contribution in [3.8, 4) is 0 Å². The fraction of sp³-hybridized carbons (Fsp3) is 0.0645. The van der Waals surface area contributed by atoms with Gasteiger partial charge in [-0.15, -0.1) is 11.8 Å². The summed E-state index contributed by atoms with van der Waals surface area (Å²) in [5.41, 5.74) is 1.87. The summed E-state index contributed by atoms with van der Waals surface area (Å²) in [5.74, 6) is -1.21. The van der Waals surface area contributed by atoms with E-state index in [0.717, 1.165) is 4.90 Å². The van der Waals surface area contributed by atoms with Crippen LogP contribution < -0.4 is 16.0 Å². The molecule has 0 saturated heterocycles. The largest absolute Gasteiger partial charge is 0.324 e. The van der Waals surface area contributed by atoms with E-state index in [1.54, 1.807) is 104 Å². The van der Waals surface area contributed by atoms with Gasteiger partial charge in [0.05, 0.1) is 26.0 Å². The van der Waals surface area contributed by atoms with E-state index in [-0.39, 0.29) is 16.6 Å². The molecule has 0 fully saturated rings. The number of amides is 3. The molecule has 0 saturated carbocycles. The summed E-state index contributed by atoms with van der Waals surface area (Å²) in [6.45, 7) is 1.79. The number of halogens is 3. The molecular weight excluding hydrogens is 601 g/mol. The number of nitrogens with one attached hydrogen (secondary N) is 3. The highest BCUT2D eigenvalue weighted by atomic mass is 35.5. The van der Waals surface area contributed by atoms with Gasteiger partial charge in [-0.25, -0.2) is 0 Å². The second-order valence-corrected chi connectivity index (χ2v) is 11.3. The Hall–Kier alpha value is -3.75. The molecule has 0 radical (unpaired) electrons. The zero-order valence-electron chi connectivity index (χ0n) is 21.7. The Balaban J connectivity index is 1.46. The quantitative estimate of drug-likeness (QED) is 0.129. The molecule has 0 bridgehead atoms. The number of hydrogen-bond donors (Lipinski definition) is 3. The fourth-order valence-corrected chi connectivity index (χ4v) is 5.01. The van der Waals surface area contributed by atoms with Crippen LogP contribution in [0.4, 0.5) is 11.4 Å². The first-order valence-corrected chi connectivity index (χ1v) is 14.4. The fourth-order valence-electron chi connectivity index (χ4n) is 3.60. The number of carbonyl (C=O) groups excluding carboxylic acids is 3. The minimum absolute atomic E-state index is 0.0219. The summed E-state index contributed by atoms with van der Waals surface area (Å²) in [6.07, 6.45) is 1.47. The Labute approximate surface area is 257 Å². The van der Waals surface area contributed by atoms with Gasteiger partial charge in [0.1, 0.15) is 5.70 Å². The smallest absolute Gasteiger partial charge is 0.272 e. The van der Waals surface area contributed by atoms with Crippen molar-refractivity contribution in [1.29, 1.82) is 0 Å². The summed E-state index contributed by atoms with van der Waals surface area (Å²) in [5, 5.41) is 8.92. The Morgan fingerprint density at radius 3 is 2.12 bits per heavy atom. The minimum Gasteiger partial charge on any atom is -0.324 e. The van der Waals surface area contributed by atoms with E-state index in [1.165, 1.54) is 17.8 Å². The van der Waals surface area contributed by atoms with Crippen molar-refractivity contribution in [1.82, 2.24) is 5.32 Å². The second kappa shape index (κ2) is 14.2. The van der Waals surface area contributed by atoms with Crippen LogP contribution >= 0.6 is 46.6 Å². The first-order chi connectivity index (χ1) is 19.7. The maximum Gasteiger partial charge on any atom is 0.272 e. The van der Waals surface area contributed by atoms with Crippen molar-refractivity contribution in [3.63, 3.8) is 0 Å². The van der Waals surface area contributed by atoms with Crippen LogP contribution in [0, 0.1) is 0 Å². The normalized spacial score (nSPS) is 11.9. The number of benzene rings is 4. The van der Waals surface area contributed by atoms with Crippen LogP contribution in [0.25, 0.3) is 6.08 Å². The van der Waals surface area contributed by atoms with Crippen LogP contribution in [0.15, 0.2) is 108 Å². The Kier molecular flexibility index (Phi) is 10.5. The maximum absolute atomic E-state index is 13.3. The van der Waals surface area contributed by atoms with Gasteiger partial charge in [-0.05, 0) is 73.2 Å². The Bertz CT molecular complexity index is 1600. The Morgan fingerprint density at radius 1 is 0.756 bits per heavy atom. The van der Waals surface area contributed by atoms with Crippen LogP contribution in [-0.2, 0) is 9.59 Å². The van der Waals surface area contributed by atoms with Gasteiger partial charge in [0.2, 0.25) is 5.91 Å². The first kappa shape index (κ1) is 30.2. The molecule has 3 amide bonds. The maximum atomic E-state index is 13.3. The van der Waals surface area contributed by atoms with Gasteiger partial charge in [0.25, 0.3) is 11.8 Å². The molecule has 1 atom stereocenters. The number of anilines is 2. The lowest BCUT2D eigenvalue weighted by Gasteiger charge is -2.14. The number of hydrogen-bond acceptors (Lipinski definition) is 4. The SMILES string of the molecule is CC(Sc1ccc(NC(=O)/C(=C/c2cccc(Cl)c2Cl)NC(=O)c2ccccc2)cc1)C(=O)Nc1ccccc1Cl. The van der Waals surface area contributed by atoms with Crippen LogP contribution in [0.2, 0.25) is 15.1 Å². The molecule has 4 rings (SSSR count). The molecule has 3 N–H and O–H groups in total. The molecule has 0 aromatic heterocycles. The summed E-state index contributed by atoms with van der Waals surface area (Å²) >= 11 is 20.0. The molecule has 0 aliphatic heterocycles. The molecule has 0 spiro atoms. The zero-order chi connectivity index (χ0) is 29.4. The molecule has 0 aliphatic carbocycles. The summed E-state index contributed by atoms with van der Waals surface area (Å²) < 4.78 is 0. The van der Waals surface area contributed by atoms with E-state index >= 15 is 0 Å². The van der Waals surface area contributed by atoms with E-state index in [9.17, 15) is 14.4 Å². The molecule has 4 aromatic rings. The van der Waals surface area contributed by atoms with E-state index in [4.69, 9.17) is 34.8 Å².